The summed E-state index contributed by atoms with van der Waals surface area (Å²) in [6.07, 6.45) is 1.22. The van der Waals surface area contributed by atoms with E-state index in [0.717, 1.165) is 12.0 Å². The molecular formula is C14H19ClN2O3. The minimum absolute atomic E-state index is 0.0527. The Hall–Kier alpha value is -1.59. The number of hydrogen-bond donors (Lipinski definition) is 3. The zero-order chi connectivity index (χ0) is 15.1. The molecule has 3 N–H and O–H groups in total. The number of anilines is 1. The van der Waals surface area contributed by atoms with E-state index in [4.69, 9.17) is 16.7 Å². The Balaban J connectivity index is 2.55. The molecule has 0 aliphatic rings. The van der Waals surface area contributed by atoms with Gasteiger partial charge in [-0.2, -0.15) is 0 Å². The Kier molecular flexibility index (Phi) is 6.48. The third kappa shape index (κ3) is 5.19. The second-order valence-electron chi connectivity index (χ2n) is 4.57. The highest BCUT2D eigenvalue weighted by Crippen LogP contribution is 2.19. The fourth-order valence-electron chi connectivity index (χ4n) is 1.74. The van der Waals surface area contributed by atoms with Crippen molar-refractivity contribution in [1.29, 1.82) is 0 Å². The summed E-state index contributed by atoms with van der Waals surface area (Å²) in [6.45, 7) is 3.70. The Labute approximate surface area is 123 Å². The zero-order valence-corrected chi connectivity index (χ0v) is 12.3. The van der Waals surface area contributed by atoms with E-state index in [1.54, 1.807) is 12.1 Å². The fraction of sp³-hybridized carbons (Fsp3) is 0.429. The molecule has 0 saturated heterocycles. The monoisotopic (exact) mass is 298 g/mol. The molecule has 0 heterocycles. The first kappa shape index (κ1) is 16.5. The number of halogens is 1. The van der Waals surface area contributed by atoms with Crippen LogP contribution in [0.15, 0.2) is 18.2 Å². The summed E-state index contributed by atoms with van der Waals surface area (Å²) in [5, 5.41) is 14.9. The highest BCUT2D eigenvalue weighted by molar-refractivity contribution is 6.31. The van der Waals surface area contributed by atoms with Crippen molar-refractivity contribution < 1.29 is 14.7 Å². The van der Waals surface area contributed by atoms with Crippen molar-refractivity contribution in [2.24, 2.45) is 0 Å². The number of benzene rings is 1. The van der Waals surface area contributed by atoms with Gasteiger partial charge in [-0.3, -0.25) is 14.9 Å². The van der Waals surface area contributed by atoms with Crippen molar-refractivity contribution >= 4 is 29.2 Å². The van der Waals surface area contributed by atoms with Crippen LogP contribution in [0.4, 0.5) is 5.69 Å². The van der Waals surface area contributed by atoms with Crippen LogP contribution in [0.5, 0.6) is 0 Å². The van der Waals surface area contributed by atoms with Crippen LogP contribution in [0.2, 0.25) is 5.02 Å². The van der Waals surface area contributed by atoms with Gasteiger partial charge < -0.3 is 10.4 Å². The summed E-state index contributed by atoms with van der Waals surface area (Å²) in [6, 6.07) is 4.51. The van der Waals surface area contributed by atoms with Crippen LogP contribution in [0.25, 0.3) is 0 Å². The summed E-state index contributed by atoms with van der Waals surface area (Å²) in [5.41, 5.74) is 1.53. The SMILES string of the molecule is CCCC(NCC(=O)Nc1cc(Cl)ccc1C)C(=O)O. The predicted octanol–water partition coefficient (Wildman–Crippen LogP) is 2.43. The minimum atomic E-state index is -0.946. The number of carboxylic acid groups (broad SMARTS) is 1. The molecule has 0 aliphatic carbocycles. The van der Waals surface area contributed by atoms with Crippen LogP contribution in [-0.2, 0) is 9.59 Å². The van der Waals surface area contributed by atoms with E-state index in [9.17, 15) is 9.59 Å². The molecule has 0 saturated carbocycles. The highest BCUT2D eigenvalue weighted by atomic mass is 35.5. The lowest BCUT2D eigenvalue weighted by Gasteiger charge is -2.14. The van der Waals surface area contributed by atoms with Gasteiger partial charge in [0.05, 0.1) is 6.54 Å². The second-order valence-corrected chi connectivity index (χ2v) is 5.00. The standard InChI is InChI=1S/C14H19ClN2O3/c1-3-4-11(14(19)20)16-8-13(18)17-12-7-10(15)6-5-9(12)2/h5-7,11,16H,3-4,8H2,1-2H3,(H,17,18)(H,19,20). The molecule has 0 spiro atoms. The third-order valence-corrected chi connectivity index (χ3v) is 3.09. The first-order valence-corrected chi connectivity index (χ1v) is 6.84. The zero-order valence-electron chi connectivity index (χ0n) is 11.6. The van der Waals surface area contributed by atoms with E-state index in [0.29, 0.717) is 17.1 Å². The van der Waals surface area contributed by atoms with Gasteiger partial charge in [0.2, 0.25) is 5.91 Å². The van der Waals surface area contributed by atoms with Crippen molar-refractivity contribution in [2.45, 2.75) is 32.7 Å². The molecule has 5 nitrogen and oxygen atoms in total. The molecule has 1 aromatic carbocycles. The number of nitrogens with one attached hydrogen (secondary N) is 2. The Bertz CT molecular complexity index is 491. The van der Waals surface area contributed by atoms with Crippen LogP contribution in [0, 0.1) is 6.92 Å². The number of hydrogen-bond acceptors (Lipinski definition) is 3. The minimum Gasteiger partial charge on any atom is -0.480 e. The third-order valence-electron chi connectivity index (χ3n) is 2.86. The smallest absolute Gasteiger partial charge is 0.320 e. The molecule has 6 heteroatoms. The van der Waals surface area contributed by atoms with Crippen LogP contribution in [-0.4, -0.2) is 29.6 Å². The number of aliphatic carboxylic acids is 1. The summed E-state index contributed by atoms with van der Waals surface area (Å²) >= 11 is 5.87. The van der Waals surface area contributed by atoms with E-state index in [1.807, 2.05) is 19.9 Å². The normalized spacial score (nSPS) is 11.9. The molecule has 0 radical (unpaired) electrons. The van der Waals surface area contributed by atoms with Crippen molar-refractivity contribution in [1.82, 2.24) is 5.32 Å². The van der Waals surface area contributed by atoms with E-state index in [1.165, 1.54) is 0 Å². The van der Waals surface area contributed by atoms with E-state index < -0.39 is 12.0 Å². The van der Waals surface area contributed by atoms with Gasteiger partial charge in [-0.15, -0.1) is 0 Å². The summed E-state index contributed by atoms with van der Waals surface area (Å²) in [5.74, 6) is -1.24. The van der Waals surface area contributed by atoms with Crippen LogP contribution in [0.1, 0.15) is 25.3 Å². The van der Waals surface area contributed by atoms with Crippen LogP contribution in [0.3, 0.4) is 0 Å². The molecule has 110 valence electrons. The maximum Gasteiger partial charge on any atom is 0.320 e. The first-order valence-electron chi connectivity index (χ1n) is 6.46. The Morgan fingerprint density at radius 1 is 1.40 bits per heavy atom. The molecule has 0 fully saturated rings. The van der Waals surface area contributed by atoms with E-state index in [-0.39, 0.29) is 12.5 Å². The number of aryl methyl sites for hydroxylation is 1. The van der Waals surface area contributed by atoms with Gasteiger partial charge in [0.25, 0.3) is 0 Å². The average Bonchev–Trinajstić information content (AvgIpc) is 2.38. The molecule has 1 amide bonds. The van der Waals surface area contributed by atoms with Gasteiger partial charge in [0.15, 0.2) is 0 Å². The molecule has 1 rings (SSSR count). The topological polar surface area (TPSA) is 78.4 Å². The number of carbonyl (C=O) groups is 2. The van der Waals surface area contributed by atoms with Crippen molar-refractivity contribution in [2.75, 3.05) is 11.9 Å². The Morgan fingerprint density at radius 3 is 2.70 bits per heavy atom. The molecule has 1 aromatic rings. The fourth-order valence-corrected chi connectivity index (χ4v) is 1.91. The maximum absolute atomic E-state index is 11.8. The van der Waals surface area contributed by atoms with Gasteiger partial charge >= 0.3 is 5.97 Å². The molecule has 1 atom stereocenters. The molecule has 1 unspecified atom stereocenters. The molecule has 0 bridgehead atoms. The lowest BCUT2D eigenvalue weighted by atomic mass is 10.1. The van der Waals surface area contributed by atoms with E-state index in [2.05, 4.69) is 10.6 Å². The van der Waals surface area contributed by atoms with Crippen LogP contribution < -0.4 is 10.6 Å². The molecular weight excluding hydrogens is 280 g/mol. The van der Waals surface area contributed by atoms with Gasteiger partial charge in [-0.05, 0) is 31.0 Å². The lowest BCUT2D eigenvalue weighted by molar-refractivity contribution is -0.139. The number of carboxylic acids is 1. The number of amides is 1. The van der Waals surface area contributed by atoms with E-state index >= 15 is 0 Å². The van der Waals surface area contributed by atoms with Crippen molar-refractivity contribution in [3.8, 4) is 0 Å². The summed E-state index contributed by atoms with van der Waals surface area (Å²) < 4.78 is 0. The Morgan fingerprint density at radius 2 is 2.10 bits per heavy atom. The highest BCUT2D eigenvalue weighted by Gasteiger charge is 2.16. The molecule has 0 aromatic heterocycles. The molecule has 20 heavy (non-hydrogen) atoms. The largest absolute Gasteiger partial charge is 0.480 e. The summed E-state index contributed by atoms with van der Waals surface area (Å²) in [7, 11) is 0. The number of rotatable bonds is 7. The quantitative estimate of drug-likeness (QED) is 0.722. The average molecular weight is 299 g/mol. The second kappa shape index (κ2) is 7.87. The first-order chi connectivity index (χ1) is 9.43. The van der Waals surface area contributed by atoms with Crippen molar-refractivity contribution in [3.63, 3.8) is 0 Å². The predicted molar refractivity (Wildman–Crippen MR) is 79.2 cm³/mol. The number of carbonyl (C=O) groups excluding carboxylic acids is 1. The van der Waals surface area contributed by atoms with Gasteiger partial charge in [-0.25, -0.2) is 0 Å². The van der Waals surface area contributed by atoms with Gasteiger partial charge in [0.1, 0.15) is 6.04 Å². The van der Waals surface area contributed by atoms with Crippen LogP contribution >= 0.6 is 11.6 Å². The maximum atomic E-state index is 11.8. The lowest BCUT2D eigenvalue weighted by Crippen LogP contribution is -2.41. The van der Waals surface area contributed by atoms with Gasteiger partial charge in [0, 0.05) is 10.7 Å². The van der Waals surface area contributed by atoms with Gasteiger partial charge in [-0.1, -0.05) is 31.0 Å². The van der Waals surface area contributed by atoms with Crippen molar-refractivity contribution in [3.05, 3.63) is 28.8 Å². The molecule has 0 aliphatic heterocycles. The summed E-state index contributed by atoms with van der Waals surface area (Å²) in [4.78, 5) is 22.7.